The fourth-order valence-electron chi connectivity index (χ4n) is 1.64. The molecule has 0 saturated heterocycles. The molecule has 2 aromatic rings. The lowest BCUT2D eigenvalue weighted by Crippen LogP contribution is -2.23. The Labute approximate surface area is 117 Å². The number of benzene rings is 1. The molecule has 0 atom stereocenters. The highest BCUT2D eigenvalue weighted by Crippen LogP contribution is 2.26. The highest BCUT2D eigenvalue weighted by Gasteiger charge is 2.20. The summed E-state index contributed by atoms with van der Waals surface area (Å²) in [5.41, 5.74) is 6.74. The maximum absolute atomic E-state index is 12.3. The molecule has 0 unspecified atom stereocenters. The van der Waals surface area contributed by atoms with Crippen LogP contribution in [-0.2, 0) is 16.6 Å². The van der Waals surface area contributed by atoms with E-state index in [1.165, 1.54) is 6.07 Å². The zero-order chi connectivity index (χ0) is 14.6. The highest BCUT2D eigenvalue weighted by atomic mass is 32.2. The van der Waals surface area contributed by atoms with E-state index in [1.807, 2.05) is 0 Å². The summed E-state index contributed by atoms with van der Waals surface area (Å²) in [6.45, 7) is 2.29. The van der Waals surface area contributed by atoms with Crippen molar-refractivity contribution in [2.24, 2.45) is 0 Å². The minimum Gasteiger partial charge on any atom is -0.492 e. The second kappa shape index (κ2) is 5.93. The smallest absolute Gasteiger partial charge is 0.244 e. The molecule has 0 saturated carbocycles. The number of nitrogens with zero attached hydrogens (tertiary/aromatic N) is 1. The van der Waals surface area contributed by atoms with Crippen molar-refractivity contribution in [3.63, 3.8) is 0 Å². The summed E-state index contributed by atoms with van der Waals surface area (Å²) in [7, 11) is -3.71. The van der Waals surface area contributed by atoms with Gasteiger partial charge in [0, 0.05) is 24.0 Å². The third kappa shape index (κ3) is 3.28. The summed E-state index contributed by atoms with van der Waals surface area (Å²) in [6.07, 6.45) is 3.16. The van der Waals surface area contributed by atoms with E-state index < -0.39 is 10.0 Å². The van der Waals surface area contributed by atoms with E-state index in [0.717, 1.165) is 5.56 Å². The molecule has 0 aliphatic rings. The number of anilines is 1. The van der Waals surface area contributed by atoms with Crippen molar-refractivity contribution in [1.82, 2.24) is 14.9 Å². The average molecular weight is 296 g/mol. The lowest BCUT2D eigenvalue weighted by molar-refractivity contribution is 0.331. The molecule has 0 fully saturated rings. The number of nitrogens with one attached hydrogen (secondary N) is 2. The molecule has 4 N–H and O–H groups in total. The molecule has 0 aliphatic carbocycles. The van der Waals surface area contributed by atoms with Crippen LogP contribution in [0.4, 0.5) is 5.69 Å². The van der Waals surface area contributed by atoms with Crippen LogP contribution < -0.4 is 15.2 Å². The molecule has 0 aliphatic heterocycles. The molecular formula is C12H16N4O3S. The highest BCUT2D eigenvalue weighted by molar-refractivity contribution is 7.89. The Balaban J connectivity index is 2.26. The van der Waals surface area contributed by atoms with Crippen LogP contribution in [0.3, 0.4) is 0 Å². The number of hydrogen-bond donors (Lipinski definition) is 3. The molecule has 0 spiro atoms. The maximum Gasteiger partial charge on any atom is 0.244 e. The van der Waals surface area contributed by atoms with Crippen LogP contribution in [0.2, 0.25) is 0 Å². The number of aromatic amines is 1. The van der Waals surface area contributed by atoms with E-state index in [1.54, 1.807) is 31.5 Å². The van der Waals surface area contributed by atoms with Gasteiger partial charge in [-0.25, -0.2) is 13.1 Å². The quantitative estimate of drug-likeness (QED) is 0.685. The Morgan fingerprint density at radius 3 is 2.90 bits per heavy atom. The molecule has 1 heterocycles. The Bertz CT molecular complexity index is 668. The third-order valence-corrected chi connectivity index (χ3v) is 4.00. The van der Waals surface area contributed by atoms with Crippen LogP contribution in [0.25, 0.3) is 0 Å². The van der Waals surface area contributed by atoms with E-state index in [0.29, 0.717) is 12.3 Å². The van der Waals surface area contributed by atoms with Crippen LogP contribution in [0.15, 0.2) is 35.5 Å². The number of nitrogens with two attached hydrogens (primary N) is 1. The molecule has 8 heteroatoms. The van der Waals surface area contributed by atoms with Crippen molar-refractivity contribution in [3.05, 3.63) is 36.2 Å². The molecule has 7 nitrogen and oxygen atoms in total. The van der Waals surface area contributed by atoms with Gasteiger partial charge in [0.15, 0.2) is 0 Å². The lowest BCUT2D eigenvalue weighted by Gasteiger charge is -2.12. The third-order valence-electron chi connectivity index (χ3n) is 2.58. The van der Waals surface area contributed by atoms with Gasteiger partial charge in [0.25, 0.3) is 0 Å². The monoisotopic (exact) mass is 296 g/mol. The van der Waals surface area contributed by atoms with E-state index in [9.17, 15) is 8.42 Å². The van der Waals surface area contributed by atoms with Crippen LogP contribution >= 0.6 is 0 Å². The first-order valence-corrected chi connectivity index (χ1v) is 7.51. The molecule has 0 amide bonds. The number of rotatable bonds is 6. The van der Waals surface area contributed by atoms with Crippen molar-refractivity contribution in [1.29, 1.82) is 0 Å². The number of nitrogen functional groups attached to an aromatic ring is 1. The largest absolute Gasteiger partial charge is 0.492 e. The van der Waals surface area contributed by atoms with Crippen molar-refractivity contribution < 1.29 is 13.2 Å². The Morgan fingerprint density at radius 2 is 2.25 bits per heavy atom. The normalized spacial score (nSPS) is 11.4. The molecular weight excluding hydrogens is 280 g/mol. The SMILES string of the molecule is CCOc1ccc(N)cc1S(=O)(=O)NCc1cn[nH]c1. The summed E-state index contributed by atoms with van der Waals surface area (Å²) < 4.78 is 32.4. The van der Waals surface area contributed by atoms with Gasteiger partial charge in [-0.1, -0.05) is 0 Å². The van der Waals surface area contributed by atoms with Gasteiger partial charge in [0.2, 0.25) is 10.0 Å². The second-order valence-corrected chi connectivity index (χ2v) is 5.81. The van der Waals surface area contributed by atoms with Gasteiger partial charge in [-0.2, -0.15) is 5.10 Å². The fraction of sp³-hybridized carbons (Fsp3) is 0.250. The molecule has 20 heavy (non-hydrogen) atoms. The second-order valence-electron chi connectivity index (χ2n) is 4.07. The predicted octanol–water partition coefficient (Wildman–Crippen LogP) is 0.869. The van der Waals surface area contributed by atoms with E-state index >= 15 is 0 Å². The lowest BCUT2D eigenvalue weighted by atomic mass is 10.3. The summed E-state index contributed by atoms with van der Waals surface area (Å²) in [5.74, 6) is 0.279. The Kier molecular flexibility index (Phi) is 4.26. The number of ether oxygens (including phenoxy) is 1. The van der Waals surface area contributed by atoms with E-state index in [-0.39, 0.29) is 17.2 Å². The van der Waals surface area contributed by atoms with E-state index in [2.05, 4.69) is 14.9 Å². The van der Waals surface area contributed by atoms with Crippen molar-refractivity contribution in [2.45, 2.75) is 18.4 Å². The topological polar surface area (TPSA) is 110 Å². The first-order chi connectivity index (χ1) is 9.53. The van der Waals surface area contributed by atoms with Crippen molar-refractivity contribution in [2.75, 3.05) is 12.3 Å². The minimum atomic E-state index is -3.71. The Morgan fingerprint density at radius 1 is 1.45 bits per heavy atom. The predicted molar refractivity (Wildman–Crippen MR) is 74.6 cm³/mol. The maximum atomic E-state index is 12.3. The Hall–Kier alpha value is -2.06. The fourth-order valence-corrected chi connectivity index (χ4v) is 2.84. The van der Waals surface area contributed by atoms with Gasteiger partial charge < -0.3 is 10.5 Å². The van der Waals surface area contributed by atoms with Crippen LogP contribution in [-0.4, -0.2) is 25.2 Å². The number of aromatic nitrogens is 2. The van der Waals surface area contributed by atoms with Crippen LogP contribution in [0.1, 0.15) is 12.5 Å². The van der Waals surface area contributed by atoms with Gasteiger partial charge in [-0.05, 0) is 25.1 Å². The average Bonchev–Trinajstić information content (AvgIpc) is 2.92. The molecule has 1 aromatic heterocycles. The molecule has 0 radical (unpaired) electrons. The van der Waals surface area contributed by atoms with Gasteiger partial charge in [-0.15, -0.1) is 0 Å². The van der Waals surface area contributed by atoms with Gasteiger partial charge in [0.05, 0.1) is 12.8 Å². The summed E-state index contributed by atoms with van der Waals surface area (Å²) in [4.78, 5) is 0.0304. The standard InChI is InChI=1S/C12H16N4O3S/c1-2-19-11-4-3-10(13)5-12(11)20(17,18)16-8-9-6-14-15-7-9/h3-7,16H,2,8,13H2,1H3,(H,14,15). The van der Waals surface area contributed by atoms with E-state index in [4.69, 9.17) is 10.5 Å². The van der Waals surface area contributed by atoms with Crippen LogP contribution in [0.5, 0.6) is 5.75 Å². The van der Waals surface area contributed by atoms with Gasteiger partial charge >= 0.3 is 0 Å². The first kappa shape index (κ1) is 14.4. The zero-order valence-electron chi connectivity index (χ0n) is 11.0. The van der Waals surface area contributed by atoms with Gasteiger partial charge in [-0.3, -0.25) is 5.10 Å². The van der Waals surface area contributed by atoms with Crippen LogP contribution in [0, 0.1) is 0 Å². The first-order valence-electron chi connectivity index (χ1n) is 6.02. The zero-order valence-corrected chi connectivity index (χ0v) is 11.8. The molecule has 2 rings (SSSR count). The summed E-state index contributed by atoms with van der Waals surface area (Å²) in [5, 5.41) is 6.37. The van der Waals surface area contributed by atoms with Crippen molar-refractivity contribution >= 4 is 15.7 Å². The van der Waals surface area contributed by atoms with Gasteiger partial charge in [0.1, 0.15) is 10.6 Å². The van der Waals surface area contributed by atoms with Crippen molar-refractivity contribution in [3.8, 4) is 5.75 Å². The number of sulfonamides is 1. The molecule has 108 valence electrons. The number of H-pyrrole nitrogens is 1. The minimum absolute atomic E-state index is 0.0304. The molecule has 1 aromatic carbocycles. The molecule has 0 bridgehead atoms. The summed E-state index contributed by atoms with van der Waals surface area (Å²) in [6, 6.07) is 4.52. The number of hydrogen-bond acceptors (Lipinski definition) is 5. The summed E-state index contributed by atoms with van der Waals surface area (Å²) >= 11 is 0.